The average Bonchev–Trinajstić information content (AvgIpc) is 2.80. The predicted molar refractivity (Wildman–Crippen MR) is 87.7 cm³/mol. The smallest absolute Gasteiger partial charge is 0.293 e. The zero-order chi connectivity index (χ0) is 17.3. The number of aromatic hydroxyl groups is 2. The summed E-state index contributed by atoms with van der Waals surface area (Å²) < 4.78 is 12.9. The number of imide groups is 1. The van der Waals surface area contributed by atoms with E-state index in [2.05, 4.69) is 0 Å². The van der Waals surface area contributed by atoms with Crippen molar-refractivity contribution < 1.29 is 24.2 Å². The highest BCUT2D eigenvalue weighted by molar-refractivity contribution is 8.18. The van der Waals surface area contributed by atoms with Gasteiger partial charge in [-0.2, -0.15) is 0 Å². The third-order valence-electron chi connectivity index (χ3n) is 3.43. The Labute approximate surface area is 141 Å². The van der Waals surface area contributed by atoms with Crippen LogP contribution in [0.1, 0.15) is 11.1 Å². The topological polar surface area (TPSA) is 77.8 Å². The fraction of sp³-hybridized carbons (Fsp3) is 0.0588. The van der Waals surface area contributed by atoms with Gasteiger partial charge in [0.2, 0.25) is 0 Å². The van der Waals surface area contributed by atoms with Gasteiger partial charge in [0, 0.05) is 11.6 Å². The molecule has 3 rings (SSSR count). The summed E-state index contributed by atoms with van der Waals surface area (Å²) in [6, 6.07) is 9.50. The van der Waals surface area contributed by atoms with Gasteiger partial charge in [-0.25, -0.2) is 4.39 Å². The third-order valence-corrected chi connectivity index (χ3v) is 4.34. The number of thioether (sulfide) groups is 1. The number of phenols is 2. The highest BCUT2D eigenvalue weighted by Crippen LogP contribution is 2.35. The first-order chi connectivity index (χ1) is 11.4. The molecule has 1 saturated heterocycles. The molecule has 0 atom stereocenters. The summed E-state index contributed by atoms with van der Waals surface area (Å²) in [6.45, 7) is 0.0455. The van der Waals surface area contributed by atoms with Crippen LogP contribution >= 0.6 is 11.8 Å². The molecule has 2 aromatic carbocycles. The van der Waals surface area contributed by atoms with Crippen molar-refractivity contribution in [1.82, 2.24) is 4.90 Å². The van der Waals surface area contributed by atoms with Gasteiger partial charge in [-0.05, 0) is 47.7 Å². The maximum absolute atomic E-state index is 12.9. The first kappa shape index (κ1) is 16.1. The van der Waals surface area contributed by atoms with Crippen molar-refractivity contribution >= 4 is 29.0 Å². The molecule has 0 bridgehead atoms. The number of carbonyl (C=O) groups excluding carboxylic acids is 2. The fourth-order valence-corrected chi connectivity index (χ4v) is 3.03. The van der Waals surface area contributed by atoms with E-state index in [-0.39, 0.29) is 22.9 Å². The first-order valence-electron chi connectivity index (χ1n) is 6.96. The number of nitrogens with zero attached hydrogens (tertiary/aromatic N) is 1. The van der Waals surface area contributed by atoms with E-state index in [0.29, 0.717) is 11.1 Å². The molecule has 1 heterocycles. The van der Waals surface area contributed by atoms with Crippen LogP contribution < -0.4 is 0 Å². The SMILES string of the molecule is O=C1S/C(=C\c2ccc(O)cc2O)C(=O)N1Cc1ccc(F)cc1. The van der Waals surface area contributed by atoms with E-state index in [9.17, 15) is 24.2 Å². The molecular formula is C17H12FNO4S. The summed E-state index contributed by atoms with van der Waals surface area (Å²) in [7, 11) is 0. The molecule has 1 aliphatic heterocycles. The summed E-state index contributed by atoms with van der Waals surface area (Å²) >= 11 is 0.763. The maximum atomic E-state index is 12.9. The van der Waals surface area contributed by atoms with E-state index in [1.165, 1.54) is 42.5 Å². The van der Waals surface area contributed by atoms with Crippen LogP contribution in [-0.4, -0.2) is 26.3 Å². The summed E-state index contributed by atoms with van der Waals surface area (Å²) in [5, 5.41) is 18.6. The van der Waals surface area contributed by atoms with Gasteiger partial charge in [0.15, 0.2) is 0 Å². The Hall–Kier alpha value is -2.80. The molecule has 2 amide bonds. The van der Waals surface area contributed by atoms with Crippen LogP contribution in [0.2, 0.25) is 0 Å². The minimum atomic E-state index is -0.484. The Morgan fingerprint density at radius 2 is 1.79 bits per heavy atom. The number of phenolic OH excluding ortho intramolecular Hbond substituents is 2. The van der Waals surface area contributed by atoms with Gasteiger partial charge in [-0.15, -0.1) is 0 Å². The Morgan fingerprint density at radius 3 is 2.46 bits per heavy atom. The van der Waals surface area contributed by atoms with E-state index in [4.69, 9.17) is 0 Å². The zero-order valence-corrected chi connectivity index (χ0v) is 13.1. The lowest BCUT2D eigenvalue weighted by Gasteiger charge is -2.12. The van der Waals surface area contributed by atoms with Gasteiger partial charge >= 0.3 is 0 Å². The van der Waals surface area contributed by atoms with Gasteiger partial charge in [-0.1, -0.05) is 12.1 Å². The summed E-state index contributed by atoms with van der Waals surface area (Å²) in [4.78, 5) is 25.7. The summed E-state index contributed by atoms with van der Waals surface area (Å²) in [6.07, 6.45) is 1.39. The van der Waals surface area contributed by atoms with Gasteiger partial charge in [-0.3, -0.25) is 14.5 Å². The lowest BCUT2D eigenvalue weighted by Crippen LogP contribution is -2.27. The van der Waals surface area contributed by atoms with Crippen LogP contribution in [0.5, 0.6) is 11.5 Å². The normalized spacial score (nSPS) is 16.2. The molecule has 1 aliphatic rings. The van der Waals surface area contributed by atoms with Gasteiger partial charge < -0.3 is 10.2 Å². The molecule has 0 radical (unpaired) electrons. The second-order valence-corrected chi connectivity index (χ2v) is 6.13. The van der Waals surface area contributed by atoms with Gasteiger partial charge in [0.1, 0.15) is 17.3 Å². The van der Waals surface area contributed by atoms with Crippen LogP contribution in [0.25, 0.3) is 6.08 Å². The Balaban J connectivity index is 1.83. The molecule has 2 aromatic rings. The number of hydrogen-bond acceptors (Lipinski definition) is 5. The molecule has 2 N–H and O–H groups in total. The van der Waals surface area contributed by atoms with Crippen molar-refractivity contribution in [2.24, 2.45) is 0 Å². The minimum absolute atomic E-state index is 0.0455. The second kappa shape index (κ2) is 6.37. The quantitative estimate of drug-likeness (QED) is 0.833. The molecule has 24 heavy (non-hydrogen) atoms. The predicted octanol–water partition coefficient (Wildman–Crippen LogP) is 3.47. The minimum Gasteiger partial charge on any atom is -0.508 e. The van der Waals surface area contributed by atoms with Crippen molar-refractivity contribution in [2.75, 3.05) is 0 Å². The molecule has 0 unspecified atom stereocenters. The number of carbonyl (C=O) groups is 2. The van der Waals surface area contributed by atoms with Gasteiger partial charge in [0.05, 0.1) is 11.4 Å². The van der Waals surface area contributed by atoms with E-state index in [0.717, 1.165) is 22.7 Å². The Morgan fingerprint density at radius 1 is 1.08 bits per heavy atom. The van der Waals surface area contributed by atoms with Crippen molar-refractivity contribution in [3.8, 4) is 11.5 Å². The largest absolute Gasteiger partial charge is 0.508 e. The maximum Gasteiger partial charge on any atom is 0.293 e. The molecular weight excluding hydrogens is 333 g/mol. The number of amides is 2. The molecule has 0 spiro atoms. The number of benzene rings is 2. The van der Waals surface area contributed by atoms with E-state index < -0.39 is 17.0 Å². The van der Waals surface area contributed by atoms with E-state index in [1.807, 2.05) is 0 Å². The first-order valence-corrected chi connectivity index (χ1v) is 7.77. The Kier molecular flexibility index (Phi) is 4.26. The second-order valence-electron chi connectivity index (χ2n) is 5.14. The van der Waals surface area contributed by atoms with Crippen LogP contribution in [0.15, 0.2) is 47.4 Å². The molecule has 7 heteroatoms. The molecule has 5 nitrogen and oxygen atoms in total. The summed E-state index contributed by atoms with van der Waals surface area (Å²) in [5.41, 5.74) is 0.951. The highest BCUT2D eigenvalue weighted by atomic mass is 32.2. The lowest BCUT2D eigenvalue weighted by molar-refractivity contribution is -0.123. The standard InChI is InChI=1S/C17H12FNO4S/c18-12-4-1-10(2-5-12)9-19-16(22)15(24-17(19)23)7-11-3-6-13(20)8-14(11)21/h1-8,20-21H,9H2/b15-7-. The monoisotopic (exact) mass is 345 g/mol. The molecule has 122 valence electrons. The molecule has 0 saturated carbocycles. The third kappa shape index (κ3) is 3.26. The molecule has 0 aromatic heterocycles. The van der Waals surface area contributed by atoms with Crippen LogP contribution in [-0.2, 0) is 11.3 Å². The number of halogens is 1. The van der Waals surface area contributed by atoms with Crippen molar-refractivity contribution in [3.05, 3.63) is 64.3 Å². The zero-order valence-electron chi connectivity index (χ0n) is 12.3. The fourth-order valence-electron chi connectivity index (χ4n) is 2.20. The summed E-state index contributed by atoms with van der Waals surface area (Å²) in [5.74, 6) is -1.17. The lowest BCUT2D eigenvalue weighted by atomic mass is 10.1. The van der Waals surface area contributed by atoms with Crippen LogP contribution in [0, 0.1) is 5.82 Å². The van der Waals surface area contributed by atoms with Crippen LogP contribution in [0.3, 0.4) is 0 Å². The van der Waals surface area contributed by atoms with Crippen molar-refractivity contribution in [2.45, 2.75) is 6.54 Å². The van der Waals surface area contributed by atoms with Gasteiger partial charge in [0.25, 0.3) is 11.1 Å². The van der Waals surface area contributed by atoms with Crippen LogP contribution in [0.4, 0.5) is 9.18 Å². The molecule has 1 fully saturated rings. The highest BCUT2D eigenvalue weighted by Gasteiger charge is 2.35. The van der Waals surface area contributed by atoms with Crippen molar-refractivity contribution in [3.63, 3.8) is 0 Å². The molecule has 0 aliphatic carbocycles. The van der Waals surface area contributed by atoms with E-state index in [1.54, 1.807) is 0 Å². The average molecular weight is 345 g/mol. The van der Waals surface area contributed by atoms with E-state index >= 15 is 0 Å². The van der Waals surface area contributed by atoms with Crippen molar-refractivity contribution in [1.29, 1.82) is 0 Å². The number of hydrogen-bond donors (Lipinski definition) is 2. The Bertz CT molecular complexity index is 848. The number of rotatable bonds is 3.